The van der Waals surface area contributed by atoms with E-state index in [1.807, 2.05) is 19.2 Å². The maximum Gasteiger partial charge on any atom is 0.253 e. The summed E-state index contributed by atoms with van der Waals surface area (Å²) in [6.45, 7) is 4.49. The molecule has 1 aromatic rings. The summed E-state index contributed by atoms with van der Waals surface area (Å²) in [6, 6.07) is 3.84. The highest BCUT2D eigenvalue weighted by Crippen LogP contribution is 2.41. The summed E-state index contributed by atoms with van der Waals surface area (Å²) in [6.07, 6.45) is 2.15. The molecule has 2 aliphatic heterocycles. The highest BCUT2D eigenvalue weighted by Gasteiger charge is 2.28. The molecule has 2 heterocycles. The van der Waals surface area contributed by atoms with Crippen molar-refractivity contribution >= 4 is 17.3 Å². The first-order chi connectivity index (χ1) is 13.4. The second kappa shape index (κ2) is 8.10. The van der Waals surface area contributed by atoms with E-state index in [1.165, 1.54) is 6.08 Å². The van der Waals surface area contributed by atoms with Crippen LogP contribution in [-0.4, -0.2) is 51.0 Å². The van der Waals surface area contributed by atoms with Gasteiger partial charge in [0.25, 0.3) is 5.91 Å². The maximum atomic E-state index is 14.3. The molecular formula is C20H27FN4O3. The second-order valence-electron chi connectivity index (χ2n) is 6.84. The summed E-state index contributed by atoms with van der Waals surface area (Å²) < 4.78 is 25.1. The minimum atomic E-state index is -0.791. The number of hydrogen-bond acceptors (Lipinski definition) is 6. The minimum Gasteiger partial charge on any atom is -0.496 e. The first-order valence-corrected chi connectivity index (χ1v) is 9.27. The molecule has 0 saturated carbocycles. The first-order valence-electron chi connectivity index (χ1n) is 9.27. The Hall–Kier alpha value is -2.74. The molecule has 0 spiro atoms. The van der Waals surface area contributed by atoms with Crippen LogP contribution in [0, 0.1) is 0 Å². The van der Waals surface area contributed by atoms with Gasteiger partial charge in [-0.3, -0.25) is 4.79 Å². The number of halogens is 1. The van der Waals surface area contributed by atoms with Crippen molar-refractivity contribution in [3.63, 3.8) is 0 Å². The third kappa shape index (κ3) is 3.64. The molecule has 2 atom stereocenters. The van der Waals surface area contributed by atoms with E-state index in [4.69, 9.17) is 9.47 Å². The zero-order valence-corrected chi connectivity index (χ0v) is 16.9. The summed E-state index contributed by atoms with van der Waals surface area (Å²) in [7, 11) is 5.26. The van der Waals surface area contributed by atoms with Gasteiger partial charge in [-0.2, -0.15) is 0 Å². The van der Waals surface area contributed by atoms with Crippen LogP contribution in [0.15, 0.2) is 35.8 Å². The van der Waals surface area contributed by atoms with Crippen molar-refractivity contribution in [2.75, 3.05) is 38.0 Å². The van der Waals surface area contributed by atoms with E-state index >= 15 is 0 Å². The maximum absolute atomic E-state index is 14.3. The van der Waals surface area contributed by atoms with Crippen LogP contribution >= 0.6 is 0 Å². The fourth-order valence-electron chi connectivity index (χ4n) is 3.50. The van der Waals surface area contributed by atoms with Crippen molar-refractivity contribution in [3.05, 3.63) is 41.4 Å². The van der Waals surface area contributed by atoms with Crippen LogP contribution in [0.25, 0.3) is 0 Å². The molecule has 1 aromatic carbocycles. The molecule has 0 fully saturated rings. The van der Waals surface area contributed by atoms with Crippen molar-refractivity contribution in [1.29, 1.82) is 0 Å². The van der Waals surface area contributed by atoms with E-state index < -0.39 is 12.1 Å². The number of rotatable bonds is 6. The highest BCUT2D eigenvalue weighted by atomic mass is 19.1. The number of likely N-dealkylation sites (N-methyl/N-ethyl adjacent to an activating group) is 1. The Morgan fingerprint density at radius 2 is 2.11 bits per heavy atom. The normalized spacial score (nSPS) is 20.9. The van der Waals surface area contributed by atoms with Gasteiger partial charge < -0.3 is 29.9 Å². The SMILES string of the molecule is CCOC1C(F)=CC(C(=O)NCc2c(OC)ccc3c2N(C)C(C)N3)=CN1C. The molecule has 1 amide bonds. The molecule has 0 saturated heterocycles. The number of methoxy groups -OCH3 is 1. The van der Waals surface area contributed by atoms with E-state index in [0.717, 1.165) is 16.9 Å². The lowest BCUT2D eigenvalue weighted by molar-refractivity contribution is -0.117. The molecule has 3 rings (SSSR count). The monoisotopic (exact) mass is 390 g/mol. The van der Waals surface area contributed by atoms with E-state index in [9.17, 15) is 9.18 Å². The number of anilines is 2. The van der Waals surface area contributed by atoms with Gasteiger partial charge in [-0.1, -0.05) is 0 Å². The Balaban J connectivity index is 1.78. The second-order valence-corrected chi connectivity index (χ2v) is 6.84. The third-order valence-electron chi connectivity index (χ3n) is 5.01. The Morgan fingerprint density at radius 1 is 1.36 bits per heavy atom. The van der Waals surface area contributed by atoms with Gasteiger partial charge in [0.05, 0.1) is 30.2 Å². The van der Waals surface area contributed by atoms with Crippen LogP contribution in [0.2, 0.25) is 0 Å². The number of benzene rings is 1. The number of hydrogen-bond donors (Lipinski definition) is 2. The Morgan fingerprint density at radius 3 is 2.75 bits per heavy atom. The van der Waals surface area contributed by atoms with Crippen LogP contribution < -0.4 is 20.3 Å². The fourth-order valence-corrected chi connectivity index (χ4v) is 3.50. The highest BCUT2D eigenvalue weighted by molar-refractivity contribution is 5.96. The first kappa shape index (κ1) is 20.0. The average Bonchev–Trinajstić information content (AvgIpc) is 2.96. The number of nitrogens with zero attached hydrogens (tertiary/aromatic N) is 2. The molecule has 8 heteroatoms. The number of amides is 1. The number of carbonyl (C=O) groups excluding carboxylic acids is 1. The van der Waals surface area contributed by atoms with Crippen molar-refractivity contribution in [2.45, 2.75) is 32.8 Å². The summed E-state index contributed by atoms with van der Waals surface area (Å²) in [4.78, 5) is 16.3. The number of carbonyl (C=O) groups is 1. The third-order valence-corrected chi connectivity index (χ3v) is 5.01. The molecule has 2 unspecified atom stereocenters. The lowest BCUT2D eigenvalue weighted by Crippen LogP contribution is -2.36. The van der Waals surface area contributed by atoms with Gasteiger partial charge in [-0.25, -0.2) is 4.39 Å². The molecule has 2 aliphatic rings. The molecule has 0 aliphatic carbocycles. The van der Waals surface area contributed by atoms with Gasteiger partial charge >= 0.3 is 0 Å². The van der Waals surface area contributed by atoms with Gasteiger partial charge in [0.2, 0.25) is 0 Å². The van der Waals surface area contributed by atoms with Crippen LogP contribution in [0.3, 0.4) is 0 Å². The van der Waals surface area contributed by atoms with Gasteiger partial charge in [0.15, 0.2) is 12.1 Å². The molecule has 0 aromatic heterocycles. The fraction of sp³-hybridized carbons (Fsp3) is 0.450. The topological polar surface area (TPSA) is 66.1 Å². The van der Waals surface area contributed by atoms with Gasteiger partial charge in [0.1, 0.15) is 5.75 Å². The Kier molecular flexibility index (Phi) is 5.79. The zero-order chi connectivity index (χ0) is 20.4. The summed E-state index contributed by atoms with van der Waals surface area (Å²) in [5.74, 6) is -0.166. The molecule has 152 valence electrons. The lowest BCUT2D eigenvalue weighted by Gasteiger charge is -2.29. The van der Waals surface area contributed by atoms with Gasteiger partial charge in [0, 0.05) is 39.0 Å². The molecule has 0 radical (unpaired) electrons. The van der Waals surface area contributed by atoms with Gasteiger partial charge in [-0.15, -0.1) is 0 Å². The van der Waals surface area contributed by atoms with E-state index in [1.54, 1.807) is 32.2 Å². The largest absolute Gasteiger partial charge is 0.496 e. The van der Waals surface area contributed by atoms with E-state index in [0.29, 0.717) is 12.4 Å². The number of ether oxygens (including phenoxy) is 2. The lowest BCUT2D eigenvalue weighted by atomic mass is 10.1. The van der Waals surface area contributed by atoms with Crippen molar-refractivity contribution in [2.24, 2.45) is 0 Å². The number of nitrogens with one attached hydrogen (secondary N) is 2. The van der Waals surface area contributed by atoms with Crippen LogP contribution in [0.5, 0.6) is 5.75 Å². The minimum absolute atomic E-state index is 0.138. The Labute approximate surface area is 164 Å². The molecule has 28 heavy (non-hydrogen) atoms. The Bertz CT molecular complexity index is 824. The van der Waals surface area contributed by atoms with Gasteiger partial charge in [-0.05, 0) is 32.1 Å². The summed E-state index contributed by atoms with van der Waals surface area (Å²) >= 11 is 0. The summed E-state index contributed by atoms with van der Waals surface area (Å²) in [5.41, 5.74) is 3.08. The average molecular weight is 390 g/mol. The van der Waals surface area contributed by atoms with Crippen LogP contribution in [0.4, 0.5) is 15.8 Å². The smallest absolute Gasteiger partial charge is 0.253 e. The molecule has 2 N–H and O–H groups in total. The molecule has 0 bridgehead atoms. The number of fused-ring (bicyclic) bond motifs is 1. The quantitative estimate of drug-likeness (QED) is 0.778. The van der Waals surface area contributed by atoms with E-state index in [2.05, 4.69) is 22.5 Å². The van der Waals surface area contributed by atoms with Crippen LogP contribution in [-0.2, 0) is 16.1 Å². The molecular weight excluding hydrogens is 363 g/mol. The van der Waals surface area contributed by atoms with Crippen molar-refractivity contribution < 1.29 is 18.7 Å². The van der Waals surface area contributed by atoms with E-state index in [-0.39, 0.29) is 24.2 Å². The predicted molar refractivity (Wildman–Crippen MR) is 107 cm³/mol. The molecule has 7 nitrogen and oxygen atoms in total. The van der Waals surface area contributed by atoms with Crippen molar-refractivity contribution in [1.82, 2.24) is 10.2 Å². The van der Waals surface area contributed by atoms with Crippen LogP contribution in [0.1, 0.15) is 19.4 Å². The van der Waals surface area contributed by atoms with Crippen molar-refractivity contribution in [3.8, 4) is 5.75 Å². The zero-order valence-electron chi connectivity index (χ0n) is 16.9. The summed E-state index contributed by atoms with van der Waals surface area (Å²) in [5, 5.41) is 6.26. The predicted octanol–water partition coefficient (Wildman–Crippen LogP) is 2.56. The standard InChI is InChI=1S/C20H27FN4O3/c1-6-28-20-15(21)9-13(11-24(20)3)19(26)22-10-14-17(27-5)8-7-16-18(14)25(4)12(2)23-16/h7-9,11-12,20,23H,6,10H2,1-5H3,(H,22,26).